The highest BCUT2D eigenvalue weighted by atomic mass is 32.1. The van der Waals surface area contributed by atoms with Gasteiger partial charge in [0, 0.05) is 6.42 Å². The van der Waals surface area contributed by atoms with E-state index in [4.69, 9.17) is 10.8 Å². The van der Waals surface area contributed by atoms with E-state index in [1.54, 1.807) is 0 Å². The van der Waals surface area contributed by atoms with E-state index in [9.17, 15) is 9.59 Å². The number of carboxylic acid groups (broad SMARTS) is 1. The van der Waals surface area contributed by atoms with E-state index in [2.05, 4.69) is 12.1 Å². The fourth-order valence-electron chi connectivity index (χ4n) is 2.90. The highest BCUT2D eigenvalue weighted by Crippen LogP contribution is 2.41. The predicted octanol–water partition coefficient (Wildman–Crippen LogP) is 3.26. The van der Waals surface area contributed by atoms with Gasteiger partial charge in [-0.3, -0.25) is 9.59 Å². The monoisotopic (exact) mass is 329 g/mol. The average Bonchev–Trinajstić information content (AvgIpc) is 3.20. The van der Waals surface area contributed by atoms with Crippen molar-refractivity contribution < 1.29 is 14.7 Å². The second-order valence-electron chi connectivity index (χ2n) is 6.17. The van der Waals surface area contributed by atoms with Crippen LogP contribution >= 0.6 is 11.3 Å². The summed E-state index contributed by atoms with van der Waals surface area (Å²) in [5.74, 6) is -0.824. The van der Waals surface area contributed by atoms with Gasteiger partial charge in [-0.2, -0.15) is 11.3 Å². The van der Waals surface area contributed by atoms with Crippen molar-refractivity contribution in [3.05, 3.63) is 57.8 Å². The van der Waals surface area contributed by atoms with Crippen molar-refractivity contribution in [2.24, 2.45) is 5.73 Å². The zero-order chi connectivity index (χ0) is 16.4. The summed E-state index contributed by atoms with van der Waals surface area (Å²) in [5.41, 5.74) is 8.62. The number of carboxylic acids is 1. The largest absolute Gasteiger partial charge is 0.481 e. The maximum atomic E-state index is 12.1. The molecule has 3 N–H and O–H groups in total. The van der Waals surface area contributed by atoms with E-state index >= 15 is 0 Å². The molecule has 1 atom stereocenters. The zero-order valence-corrected chi connectivity index (χ0v) is 13.5. The van der Waals surface area contributed by atoms with Crippen LogP contribution in [0, 0.1) is 0 Å². The molecule has 0 amide bonds. The second kappa shape index (κ2) is 6.26. The van der Waals surface area contributed by atoms with Crippen molar-refractivity contribution in [3.8, 4) is 0 Å². The lowest BCUT2D eigenvalue weighted by molar-refractivity contribution is -0.140. The van der Waals surface area contributed by atoms with E-state index in [-0.39, 0.29) is 12.2 Å². The molecule has 120 valence electrons. The van der Waals surface area contributed by atoms with Crippen LogP contribution in [0.25, 0.3) is 0 Å². The van der Waals surface area contributed by atoms with Crippen LogP contribution in [0.4, 0.5) is 0 Å². The van der Waals surface area contributed by atoms with E-state index in [0.717, 1.165) is 11.1 Å². The maximum absolute atomic E-state index is 12.1. The Balaban J connectivity index is 1.91. The molecule has 3 rings (SSSR count). The van der Waals surface area contributed by atoms with Gasteiger partial charge in [0.1, 0.15) is 12.2 Å². The molecule has 1 aromatic heterocycles. The summed E-state index contributed by atoms with van der Waals surface area (Å²) >= 11 is 1.51. The molecule has 0 aliphatic heterocycles. The molecule has 2 aromatic rings. The summed E-state index contributed by atoms with van der Waals surface area (Å²) < 4.78 is 0. The SMILES string of the molecule is NC(CC(=O)CC(=O)O)(c1ccc(C2CC2)cc1)c1ccsc1. The van der Waals surface area contributed by atoms with Crippen molar-refractivity contribution in [1.82, 2.24) is 0 Å². The molecule has 1 aliphatic rings. The van der Waals surface area contributed by atoms with Gasteiger partial charge in [-0.25, -0.2) is 0 Å². The van der Waals surface area contributed by atoms with Crippen LogP contribution in [-0.2, 0) is 15.1 Å². The molecule has 1 saturated carbocycles. The number of thiophene rings is 1. The summed E-state index contributed by atoms with van der Waals surface area (Å²) in [6.07, 6.45) is 1.95. The Morgan fingerprint density at radius 3 is 2.39 bits per heavy atom. The summed E-state index contributed by atoms with van der Waals surface area (Å²) in [7, 11) is 0. The van der Waals surface area contributed by atoms with Crippen molar-refractivity contribution in [2.75, 3.05) is 0 Å². The third-order valence-corrected chi connectivity index (χ3v) is 5.02. The Morgan fingerprint density at radius 2 is 1.87 bits per heavy atom. The number of Topliss-reactive ketones (excluding diaryl/α,β-unsaturated/α-hetero) is 1. The molecule has 0 bridgehead atoms. The van der Waals surface area contributed by atoms with Gasteiger partial charge in [0.05, 0.1) is 5.54 Å². The third-order valence-electron chi connectivity index (χ3n) is 4.34. The minimum Gasteiger partial charge on any atom is -0.481 e. The fraction of sp³-hybridized carbons (Fsp3) is 0.333. The number of nitrogens with two attached hydrogens (primary N) is 1. The molecule has 5 heteroatoms. The zero-order valence-electron chi connectivity index (χ0n) is 12.7. The molecule has 1 fully saturated rings. The molecular formula is C18H19NO3S. The smallest absolute Gasteiger partial charge is 0.310 e. The number of hydrogen-bond acceptors (Lipinski definition) is 4. The molecule has 1 heterocycles. The first-order valence-corrected chi connectivity index (χ1v) is 8.59. The normalized spacial score (nSPS) is 16.7. The quantitative estimate of drug-likeness (QED) is 0.764. The van der Waals surface area contributed by atoms with Crippen LogP contribution in [-0.4, -0.2) is 16.9 Å². The molecule has 1 aliphatic carbocycles. The number of ketones is 1. The Bertz CT molecular complexity index is 704. The predicted molar refractivity (Wildman–Crippen MR) is 89.6 cm³/mol. The number of aliphatic carboxylic acids is 1. The minimum atomic E-state index is -1.12. The van der Waals surface area contributed by atoms with Gasteiger partial charge in [-0.05, 0) is 52.3 Å². The summed E-state index contributed by atoms with van der Waals surface area (Å²) in [6, 6.07) is 9.98. The average molecular weight is 329 g/mol. The Morgan fingerprint density at radius 1 is 1.17 bits per heavy atom. The van der Waals surface area contributed by atoms with Gasteiger partial charge in [-0.1, -0.05) is 24.3 Å². The van der Waals surface area contributed by atoms with Gasteiger partial charge in [0.25, 0.3) is 0 Å². The van der Waals surface area contributed by atoms with E-state index < -0.39 is 17.9 Å². The first-order chi connectivity index (χ1) is 11.0. The first kappa shape index (κ1) is 15.9. The number of rotatable bonds is 7. The highest BCUT2D eigenvalue weighted by Gasteiger charge is 2.34. The second-order valence-corrected chi connectivity index (χ2v) is 6.95. The Labute approximate surface area is 138 Å². The maximum Gasteiger partial charge on any atom is 0.310 e. The minimum absolute atomic E-state index is 0.0151. The fourth-order valence-corrected chi connectivity index (χ4v) is 3.64. The lowest BCUT2D eigenvalue weighted by atomic mass is 9.80. The molecule has 0 saturated heterocycles. The van der Waals surface area contributed by atoms with Gasteiger partial charge >= 0.3 is 5.97 Å². The number of hydrogen-bond donors (Lipinski definition) is 2. The van der Waals surface area contributed by atoms with Crippen molar-refractivity contribution in [3.63, 3.8) is 0 Å². The van der Waals surface area contributed by atoms with Crippen LogP contribution in [0.3, 0.4) is 0 Å². The molecule has 4 nitrogen and oxygen atoms in total. The lowest BCUT2D eigenvalue weighted by Gasteiger charge is -2.29. The van der Waals surface area contributed by atoms with Crippen LogP contribution < -0.4 is 5.73 Å². The van der Waals surface area contributed by atoms with Gasteiger partial charge in [0.15, 0.2) is 0 Å². The molecular weight excluding hydrogens is 310 g/mol. The summed E-state index contributed by atoms with van der Waals surface area (Å²) in [4.78, 5) is 22.9. The summed E-state index contributed by atoms with van der Waals surface area (Å²) in [5, 5.41) is 12.7. The molecule has 0 spiro atoms. The van der Waals surface area contributed by atoms with E-state index in [0.29, 0.717) is 5.92 Å². The first-order valence-electron chi connectivity index (χ1n) is 7.64. The van der Waals surface area contributed by atoms with Gasteiger partial charge in [0.2, 0.25) is 0 Å². The number of benzene rings is 1. The van der Waals surface area contributed by atoms with Gasteiger partial charge in [-0.15, -0.1) is 0 Å². The molecule has 23 heavy (non-hydrogen) atoms. The van der Waals surface area contributed by atoms with Crippen LogP contribution in [0.5, 0.6) is 0 Å². The topological polar surface area (TPSA) is 80.4 Å². The number of carbonyl (C=O) groups excluding carboxylic acids is 1. The van der Waals surface area contributed by atoms with Crippen LogP contribution in [0.2, 0.25) is 0 Å². The van der Waals surface area contributed by atoms with Crippen LogP contribution in [0.1, 0.15) is 48.3 Å². The Hall–Kier alpha value is -1.98. The van der Waals surface area contributed by atoms with E-state index in [1.807, 2.05) is 29.0 Å². The number of carbonyl (C=O) groups is 2. The summed E-state index contributed by atoms with van der Waals surface area (Å²) in [6.45, 7) is 0. The van der Waals surface area contributed by atoms with Crippen molar-refractivity contribution in [2.45, 2.75) is 37.1 Å². The Kier molecular flexibility index (Phi) is 4.33. The lowest BCUT2D eigenvalue weighted by Crippen LogP contribution is -2.40. The standard InChI is InChI=1S/C18H19NO3S/c19-18(15-7-8-23-11-15,10-16(20)9-17(21)22)14-5-3-13(4-6-14)12-1-2-12/h3-8,11-12H,1-2,9-10,19H2,(H,21,22). The highest BCUT2D eigenvalue weighted by molar-refractivity contribution is 7.08. The molecule has 0 radical (unpaired) electrons. The van der Waals surface area contributed by atoms with Crippen molar-refractivity contribution >= 4 is 23.1 Å². The molecule has 1 aromatic carbocycles. The van der Waals surface area contributed by atoms with Crippen molar-refractivity contribution in [1.29, 1.82) is 0 Å². The van der Waals surface area contributed by atoms with Crippen LogP contribution in [0.15, 0.2) is 41.1 Å². The third kappa shape index (κ3) is 3.51. The van der Waals surface area contributed by atoms with E-state index in [1.165, 1.54) is 29.7 Å². The molecule has 1 unspecified atom stereocenters. The van der Waals surface area contributed by atoms with Gasteiger partial charge < -0.3 is 10.8 Å².